The molecule has 1 heterocycles. The zero-order valence-electron chi connectivity index (χ0n) is 20.1. The molecule has 176 valence electrons. The third kappa shape index (κ3) is 5.78. The molecule has 0 atom stereocenters. The lowest BCUT2D eigenvalue weighted by atomic mass is 10.00. The smallest absolute Gasteiger partial charge is 0.296 e. The molecule has 4 aromatic rings. The number of hydrogen-bond acceptors (Lipinski definition) is 4. The molecule has 0 saturated heterocycles. The van der Waals surface area contributed by atoms with E-state index in [1.54, 1.807) is 0 Å². The lowest BCUT2D eigenvalue weighted by Gasteiger charge is -2.10. The predicted octanol–water partition coefficient (Wildman–Crippen LogP) is 4.59. The monoisotopic (exact) mass is 464 g/mol. The minimum Gasteiger partial charge on any atom is -0.494 e. The lowest BCUT2D eigenvalue weighted by Crippen LogP contribution is -2.20. The highest BCUT2D eigenvalue weighted by molar-refractivity contribution is 6.22. The normalized spacial score (nSPS) is 11.4. The lowest BCUT2D eigenvalue weighted by molar-refractivity contribution is -0.115. The van der Waals surface area contributed by atoms with Crippen LogP contribution in [-0.4, -0.2) is 47.2 Å². The first kappa shape index (κ1) is 23.8. The molecule has 1 amide bonds. The van der Waals surface area contributed by atoms with E-state index >= 15 is 0 Å². The number of benzene rings is 3. The van der Waals surface area contributed by atoms with Crippen LogP contribution < -0.4 is 5.32 Å². The number of aliphatic imine (C=N–C) groups is 1. The number of carbonyl (C=O) groups is 1. The number of amides is 1. The summed E-state index contributed by atoms with van der Waals surface area (Å²) in [5, 5.41) is 14.4. The number of aromatic hydroxyl groups is 1. The second kappa shape index (κ2) is 10.7. The maximum Gasteiger partial charge on any atom is 0.296 e. The van der Waals surface area contributed by atoms with Crippen molar-refractivity contribution >= 4 is 28.2 Å². The van der Waals surface area contributed by atoms with E-state index in [4.69, 9.17) is 4.99 Å². The Morgan fingerprint density at radius 1 is 1.06 bits per heavy atom. The highest BCUT2D eigenvalue weighted by atomic mass is 16.3. The molecule has 0 fully saturated rings. The highest BCUT2D eigenvalue weighted by Gasteiger charge is 2.18. The van der Waals surface area contributed by atoms with Gasteiger partial charge in [-0.05, 0) is 50.8 Å². The van der Waals surface area contributed by atoms with Gasteiger partial charge in [0.05, 0.1) is 22.5 Å². The van der Waals surface area contributed by atoms with Gasteiger partial charge in [-0.1, -0.05) is 54.5 Å². The first-order chi connectivity index (χ1) is 16.9. The molecule has 0 unspecified atom stereocenters. The van der Waals surface area contributed by atoms with E-state index in [0.29, 0.717) is 28.9 Å². The van der Waals surface area contributed by atoms with Gasteiger partial charge in [-0.15, -0.1) is 0 Å². The topological polar surface area (TPSA) is 80.7 Å². The maximum atomic E-state index is 11.7. The second-order valence-corrected chi connectivity index (χ2v) is 8.45. The molecule has 0 aliphatic heterocycles. The molecule has 35 heavy (non-hydrogen) atoms. The first-order valence-electron chi connectivity index (χ1n) is 11.5. The van der Waals surface area contributed by atoms with Crippen LogP contribution in [0.2, 0.25) is 0 Å². The molecule has 3 aromatic carbocycles. The molecular formula is C29H28N4O2. The molecular weight excluding hydrogens is 436 g/mol. The van der Waals surface area contributed by atoms with Gasteiger partial charge in [-0.25, -0.2) is 4.99 Å². The molecule has 0 saturated carbocycles. The van der Waals surface area contributed by atoms with Crippen molar-refractivity contribution in [2.45, 2.75) is 13.5 Å². The van der Waals surface area contributed by atoms with Gasteiger partial charge in [0.15, 0.2) is 5.88 Å². The van der Waals surface area contributed by atoms with Crippen molar-refractivity contribution in [3.8, 4) is 17.7 Å². The van der Waals surface area contributed by atoms with Crippen LogP contribution in [0.4, 0.5) is 5.69 Å². The minimum atomic E-state index is -0.322. The quantitative estimate of drug-likeness (QED) is 0.288. The Hall–Kier alpha value is -4.34. The summed E-state index contributed by atoms with van der Waals surface area (Å²) in [5.41, 5.74) is 5.55. The average Bonchev–Trinajstić information content (AvgIpc) is 3.17. The summed E-state index contributed by atoms with van der Waals surface area (Å²) in [7, 11) is 4.08. The van der Waals surface area contributed by atoms with Crippen LogP contribution in [0.5, 0.6) is 5.88 Å². The summed E-state index contributed by atoms with van der Waals surface area (Å²) in [5.74, 6) is 5.16. The number of nitrogens with one attached hydrogen (secondary N) is 2. The number of hydrogen-bond donors (Lipinski definition) is 3. The Morgan fingerprint density at radius 3 is 2.49 bits per heavy atom. The van der Waals surface area contributed by atoms with E-state index < -0.39 is 0 Å². The molecule has 3 N–H and O–H groups in total. The average molecular weight is 465 g/mol. The summed E-state index contributed by atoms with van der Waals surface area (Å²) in [6, 6.07) is 23.5. The summed E-state index contributed by atoms with van der Waals surface area (Å²) in [6.07, 6.45) is 0. The maximum absolute atomic E-state index is 11.7. The number of aromatic nitrogens is 1. The Labute approximate surface area is 205 Å². The van der Waals surface area contributed by atoms with Crippen LogP contribution in [0, 0.1) is 11.8 Å². The van der Waals surface area contributed by atoms with Gasteiger partial charge < -0.3 is 20.3 Å². The van der Waals surface area contributed by atoms with Crippen LogP contribution in [0.15, 0.2) is 77.8 Å². The van der Waals surface area contributed by atoms with Crippen LogP contribution in [0.25, 0.3) is 10.9 Å². The number of H-pyrrole nitrogens is 1. The van der Waals surface area contributed by atoms with Crippen molar-refractivity contribution in [1.29, 1.82) is 0 Å². The van der Waals surface area contributed by atoms with Gasteiger partial charge in [0.1, 0.15) is 0 Å². The van der Waals surface area contributed by atoms with E-state index in [1.807, 2.05) is 81.7 Å². The molecule has 0 aliphatic rings. The molecule has 6 nitrogen and oxygen atoms in total. The van der Waals surface area contributed by atoms with Crippen molar-refractivity contribution in [3.05, 3.63) is 95.1 Å². The SMILES string of the molecule is CCNC(=O)C#Cc1ccc2c(C(=Nc3ccc(CN(C)C)cc3)c3ccccc3)c(O)[nH]c2c1. The van der Waals surface area contributed by atoms with Crippen molar-refractivity contribution < 1.29 is 9.90 Å². The predicted molar refractivity (Wildman–Crippen MR) is 141 cm³/mol. The largest absolute Gasteiger partial charge is 0.494 e. The van der Waals surface area contributed by atoms with E-state index in [2.05, 4.69) is 39.2 Å². The van der Waals surface area contributed by atoms with Crippen molar-refractivity contribution in [2.24, 2.45) is 4.99 Å². The zero-order valence-corrected chi connectivity index (χ0v) is 20.1. The third-order valence-electron chi connectivity index (χ3n) is 5.40. The van der Waals surface area contributed by atoms with Gasteiger partial charge in [-0.2, -0.15) is 0 Å². The second-order valence-electron chi connectivity index (χ2n) is 8.45. The molecule has 0 radical (unpaired) electrons. The zero-order chi connectivity index (χ0) is 24.8. The summed E-state index contributed by atoms with van der Waals surface area (Å²) >= 11 is 0. The summed E-state index contributed by atoms with van der Waals surface area (Å²) in [6.45, 7) is 3.23. The van der Waals surface area contributed by atoms with Gasteiger partial charge in [-0.3, -0.25) is 4.79 Å². The van der Waals surface area contributed by atoms with Gasteiger partial charge in [0.2, 0.25) is 0 Å². The fourth-order valence-electron chi connectivity index (χ4n) is 3.87. The molecule has 6 heteroatoms. The van der Waals surface area contributed by atoms with Crippen molar-refractivity contribution in [2.75, 3.05) is 20.6 Å². The Morgan fingerprint density at radius 2 is 1.80 bits per heavy atom. The van der Waals surface area contributed by atoms with E-state index in [9.17, 15) is 9.90 Å². The van der Waals surface area contributed by atoms with Crippen LogP contribution in [0.3, 0.4) is 0 Å². The van der Waals surface area contributed by atoms with E-state index in [-0.39, 0.29) is 11.8 Å². The number of aromatic amines is 1. The molecule has 0 aliphatic carbocycles. The van der Waals surface area contributed by atoms with Crippen LogP contribution in [-0.2, 0) is 11.3 Å². The fourth-order valence-corrected chi connectivity index (χ4v) is 3.87. The molecule has 0 spiro atoms. The van der Waals surface area contributed by atoms with Crippen LogP contribution >= 0.6 is 0 Å². The standard InChI is InChI=1S/C29H28N4O2/c1-4-30-26(34)17-13-20-12-16-24-25(18-20)32-29(35)27(24)28(22-8-6-5-7-9-22)31-23-14-10-21(11-15-23)19-33(2)3/h5-12,14-16,18,32,35H,4,19H2,1-3H3,(H,30,34). The Kier molecular flexibility index (Phi) is 7.30. The number of fused-ring (bicyclic) bond motifs is 1. The summed E-state index contributed by atoms with van der Waals surface area (Å²) < 4.78 is 0. The van der Waals surface area contributed by atoms with Crippen molar-refractivity contribution in [1.82, 2.24) is 15.2 Å². The van der Waals surface area contributed by atoms with Gasteiger partial charge in [0, 0.05) is 35.5 Å². The Balaban J connectivity index is 1.78. The molecule has 4 rings (SSSR count). The Bertz CT molecular complexity index is 1420. The van der Waals surface area contributed by atoms with Crippen molar-refractivity contribution in [3.63, 3.8) is 0 Å². The van der Waals surface area contributed by atoms with Gasteiger partial charge >= 0.3 is 0 Å². The number of carbonyl (C=O) groups excluding carboxylic acids is 1. The first-order valence-corrected chi connectivity index (χ1v) is 11.5. The minimum absolute atomic E-state index is 0.0284. The third-order valence-corrected chi connectivity index (χ3v) is 5.40. The van der Waals surface area contributed by atoms with Crippen LogP contribution in [0.1, 0.15) is 29.2 Å². The molecule has 0 bridgehead atoms. The highest BCUT2D eigenvalue weighted by Crippen LogP contribution is 2.32. The molecule has 1 aromatic heterocycles. The number of rotatable bonds is 6. The summed E-state index contributed by atoms with van der Waals surface area (Å²) in [4.78, 5) is 21.8. The van der Waals surface area contributed by atoms with Gasteiger partial charge in [0.25, 0.3) is 5.91 Å². The van der Waals surface area contributed by atoms with E-state index in [0.717, 1.165) is 23.2 Å². The fraction of sp³-hybridized carbons (Fsp3) is 0.172. The van der Waals surface area contributed by atoms with E-state index in [1.165, 1.54) is 5.56 Å². The number of nitrogens with zero attached hydrogens (tertiary/aromatic N) is 2.